The van der Waals surface area contributed by atoms with Crippen molar-refractivity contribution in [3.8, 4) is 16.8 Å². The molecule has 2 heterocycles. The highest BCUT2D eigenvalue weighted by Crippen LogP contribution is 2.24. The van der Waals surface area contributed by atoms with Crippen LogP contribution in [-0.2, 0) is 0 Å². The second-order valence-corrected chi connectivity index (χ2v) is 6.53. The van der Waals surface area contributed by atoms with Crippen molar-refractivity contribution in [2.45, 2.75) is 0 Å². The van der Waals surface area contributed by atoms with Crippen LogP contribution in [0.2, 0.25) is 0 Å². The lowest BCUT2D eigenvalue weighted by molar-refractivity contribution is 1.07. The van der Waals surface area contributed by atoms with Crippen molar-refractivity contribution >= 4 is 39.4 Å². The molecule has 0 radical (unpaired) electrons. The van der Waals surface area contributed by atoms with Crippen molar-refractivity contribution in [2.75, 3.05) is 5.73 Å². The van der Waals surface area contributed by atoms with E-state index in [0.717, 1.165) is 33.7 Å². The number of pyridine rings is 1. The number of halogens is 1. The second-order valence-electron chi connectivity index (χ2n) is 5.28. The Hall–Kier alpha value is -2.41. The number of aromatic nitrogens is 3. The van der Waals surface area contributed by atoms with Gasteiger partial charge in [-0.15, -0.1) is 0 Å². The summed E-state index contributed by atoms with van der Waals surface area (Å²) < 4.78 is 3.16. The zero-order chi connectivity index (χ0) is 15.8. The van der Waals surface area contributed by atoms with Crippen LogP contribution in [0.1, 0.15) is 0 Å². The van der Waals surface area contributed by atoms with Crippen LogP contribution < -0.4 is 5.73 Å². The molecule has 2 aromatic carbocycles. The molecule has 0 unspecified atom stereocenters. The van der Waals surface area contributed by atoms with Crippen LogP contribution >= 0.6 is 22.6 Å². The Balaban J connectivity index is 1.81. The van der Waals surface area contributed by atoms with Crippen molar-refractivity contribution < 1.29 is 0 Å². The van der Waals surface area contributed by atoms with E-state index in [0.29, 0.717) is 0 Å². The summed E-state index contributed by atoms with van der Waals surface area (Å²) in [5, 5.41) is 0. The van der Waals surface area contributed by atoms with Crippen molar-refractivity contribution in [3.63, 3.8) is 0 Å². The van der Waals surface area contributed by atoms with E-state index in [-0.39, 0.29) is 0 Å². The maximum Gasteiger partial charge on any atom is 0.164 e. The quantitative estimate of drug-likeness (QED) is 0.395. The van der Waals surface area contributed by atoms with Crippen LogP contribution in [-0.4, -0.2) is 14.5 Å². The number of anilines is 1. The first-order valence-electron chi connectivity index (χ1n) is 7.16. The number of fused-ring (bicyclic) bond motifs is 1. The Morgan fingerprint density at radius 3 is 2.52 bits per heavy atom. The molecule has 23 heavy (non-hydrogen) atoms. The second kappa shape index (κ2) is 5.66. The third-order valence-corrected chi connectivity index (χ3v) is 4.43. The van der Waals surface area contributed by atoms with Gasteiger partial charge in [-0.05, 0) is 64.6 Å². The summed E-state index contributed by atoms with van der Waals surface area (Å²) in [5.41, 5.74) is 11.4. The van der Waals surface area contributed by atoms with Crippen LogP contribution in [0.25, 0.3) is 28.0 Å². The highest BCUT2D eigenvalue weighted by molar-refractivity contribution is 14.1. The van der Waals surface area contributed by atoms with Gasteiger partial charge in [0.15, 0.2) is 5.65 Å². The van der Waals surface area contributed by atoms with Gasteiger partial charge in [0.25, 0.3) is 0 Å². The lowest BCUT2D eigenvalue weighted by atomic mass is 10.1. The smallest absolute Gasteiger partial charge is 0.164 e. The fourth-order valence-electron chi connectivity index (χ4n) is 2.56. The van der Waals surface area contributed by atoms with E-state index in [2.05, 4.69) is 62.9 Å². The first kappa shape index (κ1) is 14.2. The maximum absolute atomic E-state index is 5.87. The number of benzene rings is 2. The molecule has 0 saturated heterocycles. The minimum absolute atomic E-state index is 0.722. The van der Waals surface area contributed by atoms with E-state index >= 15 is 0 Å². The molecule has 0 fully saturated rings. The molecule has 112 valence electrons. The predicted octanol–water partition coefficient (Wildman–Crippen LogP) is 4.27. The zero-order valence-corrected chi connectivity index (χ0v) is 14.3. The normalized spacial score (nSPS) is 11.0. The lowest BCUT2D eigenvalue weighted by Gasteiger charge is -2.05. The number of nitrogen functional groups attached to an aromatic ring is 1. The van der Waals surface area contributed by atoms with Gasteiger partial charge in [0.05, 0.1) is 5.69 Å². The summed E-state index contributed by atoms with van der Waals surface area (Å²) in [4.78, 5) is 9.09. The molecule has 0 spiro atoms. The molecule has 0 saturated carbocycles. The van der Waals surface area contributed by atoms with Gasteiger partial charge in [0.1, 0.15) is 11.8 Å². The summed E-state index contributed by atoms with van der Waals surface area (Å²) in [6.45, 7) is 0. The van der Waals surface area contributed by atoms with E-state index in [9.17, 15) is 0 Å². The van der Waals surface area contributed by atoms with E-state index in [1.807, 2.05) is 35.0 Å². The first-order chi connectivity index (χ1) is 11.2. The van der Waals surface area contributed by atoms with E-state index in [4.69, 9.17) is 5.73 Å². The third-order valence-electron chi connectivity index (χ3n) is 3.71. The topological polar surface area (TPSA) is 56.7 Å². The molecule has 0 atom stereocenters. The average Bonchev–Trinajstić information content (AvgIpc) is 2.98. The minimum atomic E-state index is 0.722. The Morgan fingerprint density at radius 2 is 1.74 bits per heavy atom. The van der Waals surface area contributed by atoms with Gasteiger partial charge in [-0.3, -0.25) is 4.57 Å². The zero-order valence-electron chi connectivity index (χ0n) is 12.1. The van der Waals surface area contributed by atoms with Crippen LogP contribution in [0.5, 0.6) is 0 Å². The Bertz CT molecular complexity index is 990. The van der Waals surface area contributed by atoms with Crippen molar-refractivity contribution in [1.82, 2.24) is 14.5 Å². The molecule has 2 N–H and O–H groups in total. The monoisotopic (exact) mass is 412 g/mol. The Morgan fingerprint density at radius 1 is 0.913 bits per heavy atom. The van der Waals surface area contributed by atoms with Gasteiger partial charge in [0.2, 0.25) is 0 Å². The van der Waals surface area contributed by atoms with Crippen LogP contribution in [0.3, 0.4) is 0 Å². The van der Waals surface area contributed by atoms with Gasteiger partial charge in [-0.2, -0.15) is 0 Å². The molecule has 0 bridgehead atoms. The first-order valence-corrected chi connectivity index (χ1v) is 8.23. The lowest BCUT2D eigenvalue weighted by Crippen LogP contribution is -1.95. The average molecular weight is 412 g/mol. The molecule has 2 aromatic heterocycles. The number of hydrogen-bond acceptors (Lipinski definition) is 3. The predicted molar refractivity (Wildman–Crippen MR) is 101 cm³/mol. The molecule has 0 aliphatic heterocycles. The molecule has 0 aliphatic rings. The molecular weight excluding hydrogens is 399 g/mol. The summed E-state index contributed by atoms with van der Waals surface area (Å²) in [6.07, 6.45) is 3.67. The molecular formula is C18H13IN4. The van der Waals surface area contributed by atoms with Crippen molar-refractivity contribution in [2.24, 2.45) is 0 Å². The SMILES string of the molecule is Nc1cccc(-n2cnc3cc(-c4ccc(I)cc4)cnc32)c1. The van der Waals surface area contributed by atoms with Crippen LogP contribution in [0.4, 0.5) is 5.69 Å². The van der Waals surface area contributed by atoms with E-state index in [1.54, 1.807) is 6.33 Å². The van der Waals surface area contributed by atoms with Gasteiger partial charge in [-0.1, -0.05) is 18.2 Å². The number of nitrogens with two attached hydrogens (primary N) is 1. The van der Waals surface area contributed by atoms with Gasteiger partial charge in [0, 0.05) is 21.0 Å². The maximum atomic E-state index is 5.87. The van der Waals surface area contributed by atoms with Gasteiger partial charge in [-0.25, -0.2) is 9.97 Å². The summed E-state index contributed by atoms with van der Waals surface area (Å²) >= 11 is 2.30. The number of nitrogens with zero attached hydrogens (tertiary/aromatic N) is 3. The number of rotatable bonds is 2. The van der Waals surface area contributed by atoms with E-state index in [1.165, 1.54) is 3.57 Å². The fourth-order valence-corrected chi connectivity index (χ4v) is 2.92. The standard InChI is InChI=1S/C18H13IN4/c19-14-6-4-12(5-7-14)13-8-17-18(21-10-13)23(11-22-17)16-3-1-2-15(20)9-16/h1-11H,20H2. The van der Waals surface area contributed by atoms with Crippen molar-refractivity contribution in [1.29, 1.82) is 0 Å². The Kier molecular flexibility index (Phi) is 3.49. The fraction of sp³-hybridized carbons (Fsp3) is 0. The molecule has 5 heteroatoms. The summed E-state index contributed by atoms with van der Waals surface area (Å²) in [6, 6.07) is 18.1. The highest BCUT2D eigenvalue weighted by Gasteiger charge is 2.08. The largest absolute Gasteiger partial charge is 0.399 e. The molecule has 0 amide bonds. The third kappa shape index (κ3) is 2.68. The summed E-state index contributed by atoms with van der Waals surface area (Å²) in [5.74, 6) is 0. The highest BCUT2D eigenvalue weighted by atomic mass is 127. The van der Waals surface area contributed by atoms with Gasteiger partial charge >= 0.3 is 0 Å². The Labute approximate surface area is 147 Å². The molecule has 4 aromatic rings. The van der Waals surface area contributed by atoms with Gasteiger partial charge < -0.3 is 5.73 Å². The van der Waals surface area contributed by atoms with E-state index < -0.39 is 0 Å². The van der Waals surface area contributed by atoms with Crippen molar-refractivity contribution in [3.05, 3.63) is 70.7 Å². The minimum Gasteiger partial charge on any atom is -0.399 e. The molecule has 4 rings (SSSR count). The number of hydrogen-bond donors (Lipinski definition) is 1. The number of imidazole rings is 1. The molecule has 0 aliphatic carbocycles. The molecule has 4 nitrogen and oxygen atoms in total. The van der Waals surface area contributed by atoms with Crippen LogP contribution in [0, 0.1) is 3.57 Å². The summed E-state index contributed by atoms with van der Waals surface area (Å²) in [7, 11) is 0. The van der Waals surface area contributed by atoms with Crippen LogP contribution in [0.15, 0.2) is 67.1 Å².